The van der Waals surface area contributed by atoms with E-state index < -0.39 is 0 Å². The number of rotatable bonds is 3. The van der Waals surface area contributed by atoms with E-state index in [9.17, 15) is 0 Å². The second-order valence-electron chi connectivity index (χ2n) is 4.60. The standard InChI is InChI=1S/C11H20BrN/c12-8-11-4-2-1-3-7-13(11)9-10-5-6-10/h10-11H,1-9H2. The predicted molar refractivity (Wildman–Crippen MR) is 60.3 cm³/mol. The molecule has 1 unspecified atom stereocenters. The van der Waals surface area contributed by atoms with Crippen molar-refractivity contribution in [3.05, 3.63) is 0 Å². The highest BCUT2D eigenvalue weighted by atomic mass is 79.9. The molecular formula is C11H20BrN. The van der Waals surface area contributed by atoms with Gasteiger partial charge in [0.2, 0.25) is 0 Å². The molecular weight excluding hydrogens is 226 g/mol. The first kappa shape index (κ1) is 9.97. The first-order valence-electron chi connectivity index (χ1n) is 5.70. The van der Waals surface area contributed by atoms with E-state index >= 15 is 0 Å². The maximum Gasteiger partial charge on any atom is 0.0192 e. The molecule has 0 aromatic carbocycles. The van der Waals surface area contributed by atoms with Crippen molar-refractivity contribution in [2.24, 2.45) is 5.92 Å². The fraction of sp³-hybridized carbons (Fsp3) is 1.00. The van der Waals surface area contributed by atoms with Crippen LogP contribution in [0, 0.1) is 5.92 Å². The van der Waals surface area contributed by atoms with Gasteiger partial charge < -0.3 is 0 Å². The SMILES string of the molecule is BrCC1CCCCCN1CC1CC1. The van der Waals surface area contributed by atoms with Gasteiger partial charge in [0.15, 0.2) is 0 Å². The zero-order valence-corrected chi connectivity index (χ0v) is 9.93. The molecule has 1 saturated heterocycles. The fourth-order valence-corrected chi connectivity index (χ4v) is 3.02. The molecule has 76 valence electrons. The summed E-state index contributed by atoms with van der Waals surface area (Å²) in [4.78, 5) is 2.74. The van der Waals surface area contributed by atoms with Crippen molar-refractivity contribution in [1.82, 2.24) is 4.90 Å². The summed E-state index contributed by atoms with van der Waals surface area (Å²) >= 11 is 3.65. The van der Waals surface area contributed by atoms with Gasteiger partial charge in [-0.25, -0.2) is 0 Å². The first-order chi connectivity index (χ1) is 6.40. The average molecular weight is 246 g/mol. The summed E-state index contributed by atoms with van der Waals surface area (Å²) in [5.41, 5.74) is 0. The Morgan fingerprint density at radius 2 is 1.92 bits per heavy atom. The Bertz CT molecular complexity index is 156. The normalized spacial score (nSPS) is 31.6. The molecule has 2 aliphatic rings. The van der Waals surface area contributed by atoms with Crippen LogP contribution < -0.4 is 0 Å². The minimum absolute atomic E-state index is 0.836. The third-order valence-electron chi connectivity index (χ3n) is 3.37. The van der Waals surface area contributed by atoms with Crippen LogP contribution in [0.5, 0.6) is 0 Å². The van der Waals surface area contributed by atoms with Crippen molar-refractivity contribution in [3.8, 4) is 0 Å². The van der Waals surface area contributed by atoms with Crippen LogP contribution in [0.1, 0.15) is 38.5 Å². The maximum absolute atomic E-state index is 3.65. The van der Waals surface area contributed by atoms with Crippen molar-refractivity contribution in [2.75, 3.05) is 18.4 Å². The van der Waals surface area contributed by atoms with Gasteiger partial charge in [-0.05, 0) is 38.1 Å². The van der Waals surface area contributed by atoms with Gasteiger partial charge in [-0.1, -0.05) is 28.8 Å². The van der Waals surface area contributed by atoms with E-state index in [2.05, 4.69) is 20.8 Å². The van der Waals surface area contributed by atoms with E-state index in [-0.39, 0.29) is 0 Å². The van der Waals surface area contributed by atoms with Gasteiger partial charge in [0.1, 0.15) is 0 Å². The lowest BCUT2D eigenvalue weighted by atomic mass is 10.1. The molecule has 1 atom stereocenters. The van der Waals surface area contributed by atoms with Gasteiger partial charge in [0.05, 0.1) is 0 Å². The van der Waals surface area contributed by atoms with Gasteiger partial charge >= 0.3 is 0 Å². The summed E-state index contributed by atoms with van der Waals surface area (Å²) in [5.74, 6) is 1.06. The van der Waals surface area contributed by atoms with E-state index in [1.165, 1.54) is 56.9 Å². The Labute approximate surface area is 90.0 Å². The van der Waals surface area contributed by atoms with Gasteiger partial charge in [-0.2, -0.15) is 0 Å². The molecule has 0 bridgehead atoms. The molecule has 0 spiro atoms. The molecule has 0 aromatic rings. The fourth-order valence-electron chi connectivity index (χ4n) is 2.28. The molecule has 2 heteroatoms. The summed E-state index contributed by atoms with van der Waals surface area (Å²) in [7, 11) is 0. The highest BCUT2D eigenvalue weighted by Crippen LogP contribution is 2.31. The van der Waals surface area contributed by atoms with E-state index in [0.29, 0.717) is 0 Å². The molecule has 1 nitrogen and oxygen atoms in total. The molecule has 13 heavy (non-hydrogen) atoms. The van der Waals surface area contributed by atoms with Gasteiger partial charge in [0.25, 0.3) is 0 Å². The highest BCUT2D eigenvalue weighted by Gasteiger charge is 2.28. The Balaban J connectivity index is 1.85. The molecule has 1 heterocycles. The minimum atomic E-state index is 0.836. The van der Waals surface area contributed by atoms with Crippen LogP contribution >= 0.6 is 15.9 Å². The monoisotopic (exact) mass is 245 g/mol. The molecule has 1 aliphatic carbocycles. The second-order valence-corrected chi connectivity index (χ2v) is 5.24. The number of nitrogens with zero attached hydrogens (tertiary/aromatic N) is 1. The van der Waals surface area contributed by atoms with Crippen LogP contribution in [0.15, 0.2) is 0 Å². The zero-order valence-electron chi connectivity index (χ0n) is 8.34. The third-order valence-corrected chi connectivity index (χ3v) is 4.11. The van der Waals surface area contributed by atoms with Crippen LogP contribution in [-0.2, 0) is 0 Å². The minimum Gasteiger partial charge on any atom is -0.299 e. The van der Waals surface area contributed by atoms with Crippen LogP contribution in [-0.4, -0.2) is 29.4 Å². The van der Waals surface area contributed by atoms with E-state index in [0.717, 1.165) is 12.0 Å². The topological polar surface area (TPSA) is 3.24 Å². The van der Waals surface area contributed by atoms with Gasteiger partial charge in [-0.15, -0.1) is 0 Å². The Morgan fingerprint density at radius 3 is 2.62 bits per heavy atom. The third kappa shape index (κ3) is 2.95. The average Bonchev–Trinajstić information content (AvgIpc) is 2.93. The zero-order chi connectivity index (χ0) is 9.10. The summed E-state index contributed by atoms with van der Waals surface area (Å²) in [6, 6.07) is 0.836. The number of hydrogen-bond donors (Lipinski definition) is 0. The Kier molecular flexibility index (Phi) is 3.67. The molecule has 0 amide bonds. The summed E-state index contributed by atoms with van der Waals surface area (Å²) in [6.45, 7) is 2.74. The first-order valence-corrected chi connectivity index (χ1v) is 6.82. The second kappa shape index (κ2) is 4.79. The van der Waals surface area contributed by atoms with Crippen LogP contribution in [0.3, 0.4) is 0 Å². The van der Waals surface area contributed by atoms with Crippen LogP contribution in [0.2, 0.25) is 0 Å². The lowest BCUT2D eigenvalue weighted by Crippen LogP contribution is -2.37. The number of likely N-dealkylation sites (tertiary alicyclic amines) is 1. The van der Waals surface area contributed by atoms with Crippen LogP contribution in [0.4, 0.5) is 0 Å². The largest absolute Gasteiger partial charge is 0.299 e. The van der Waals surface area contributed by atoms with Crippen molar-refractivity contribution in [3.63, 3.8) is 0 Å². The molecule has 0 aromatic heterocycles. The lowest BCUT2D eigenvalue weighted by Gasteiger charge is -2.28. The van der Waals surface area contributed by atoms with Crippen molar-refractivity contribution in [2.45, 2.75) is 44.6 Å². The van der Waals surface area contributed by atoms with E-state index in [1.807, 2.05) is 0 Å². The molecule has 2 fully saturated rings. The quantitative estimate of drug-likeness (QED) is 0.692. The van der Waals surface area contributed by atoms with Crippen molar-refractivity contribution < 1.29 is 0 Å². The van der Waals surface area contributed by atoms with Crippen LogP contribution in [0.25, 0.3) is 0 Å². The predicted octanol–water partition coefficient (Wildman–Crippen LogP) is 3.04. The molecule has 2 rings (SSSR count). The number of alkyl halides is 1. The van der Waals surface area contributed by atoms with Gasteiger partial charge in [-0.3, -0.25) is 4.90 Å². The lowest BCUT2D eigenvalue weighted by molar-refractivity contribution is 0.209. The number of halogens is 1. The summed E-state index contributed by atoms with van der Waals surface area (Å²) in [6.07, 6.45) is 8.72. The molecule has 1 aliphatic heterocycles. The molecule has 0 radical (unpaired) electrons. The van der Waals surface area contributed by atoms with E-state index in [1.54, 1.807) is 0 Å². The maximum atomic E-state index is 3.65. The smallest absolute Gasteiger partial charge is 0.0192 e. The molecule has 1 saturated carbocycles. The van der Waals surface area contributed by atoms with Crippen molar-refractivity contribution >= 4 is 15.9 Å². The van der Waals surface area contributed by atoms with Gasteiger partial charge in [0, 0.05) is 17.9 Å². The summed E-state index contributed by atoms with van der Waals surface area (Å²) < 4.78 is 0. The Hall–Kier alpha value is 0.440. The highest BCUT2D eigenvalue weighted by molar-refractivity contribution is 9.09. The van der Waals surface area contributed by atoms with Crippen molar-refractivity contribution in [1.29, 1.82) is 0 Å². The van der Waals surface area contributed by atoms with E-state index in [4.69, 9.17) is 0 Å². The summed E-state index contributed by atoms with van der Waals surface area (Å²) in [5, 5.41) is 1.18. The number of hydrogen-bond acceptors (Lipinski definition) is 1. The molecule has 0 N–H and O–H groups in total. The Morgan fingerprint density at radius 1 is 1.08 bits per heavy atom.